The molecule has 0 radical (unpaired) electrons. The second-order valence-corrected chi connectivity index (χ2v) is 5.29. The number of hydrogen-bond donors (Lipinski definition) is 0. The predicted molar refractivity (Wildman–Crippen MR) is 74.5 cm³/mol. The highest BCUT2D eigenvalue weighted by Crippen LogP contribution is 2.13. The third-order valence-corrected chi connectivity index (χ3v) is 3.55. The van der Waals surface area contributed by atoms with Gasteiger partial charge in [-0.05, 0) is 13.0 Å². The molecule has 0 aliphatic heterocycles. The zero-order chi connectivity index (χ0) is 13.8. The molecule has 98 valence electrons. The molecule has 0 unspecified atom stereocenters. The zero-order valence-corrected chi connectivity index (χ0v) is 11.6. The van der Waals surface area contributed by atoms with Crippen molar-refractivity contribution in [1.29, 1.82) is 0 Å². The van der Waals surface area contributed by atoms with E-state index in [2.05, 4.69) is 4.98 Å². The molecule has 2 rings (SSSR count). The van der Waals surface area contributed by atoms with E-state index in [1.54, 1.807) is 47.5 Å². The van der Waals surface area contributed by atoms with Gasteiger partial charge in [0.15, 0.2) is 6.29 Å². The van der Waals surface area contributed by atoms with Crippen LogP contribution in [0.4, 0.5) is 0 Å². The summed E-state index contributed by atoms with van der Waals surface area (Å²) in [7, 11) is 1.71. The van der Waals surface area contributed by atoms with Gasteiger partial charge in [-0.3, -0.25) is 9.59 Å². The molecule has 1 aromatic heterocycles. The van der Waals surface area contributed by atoms with E-state index in [1.807, 2.05) is 12.3 Å². The van der Waals surface area contributed by atoms with Crippen LogP contribution in [-0.2, 0) is 6.54 Å². The van der Waals surface area contributed by atoms with Gasteiger partial charge in [0.2, 0.25) is 0 Å². The number of benzene rings is 1. The first-order valence-electron chi connectivity index (χ1n) is 5.82. The van der Waals surface area contributed by atoms with E-state index >= 15 is 0 Å². The summed E-state index contributed by atoms with van der Waals surface area (Å²) in [5, 5.41) is 2.91. The van der Waals surface area contributed by atoms with Crippen molar-refractivity contribution in [2.75, 3.05) is 7.05 Å². The first-order chi connectivity index (χ1) is 9.11. The van der Waals surface area contributed by atoms with Crippen LogP contribution < -0.4 is 0 Å². The van der Waals surface area contributed by atoms with Gasteiger partial charge in [-0.1, -0.05) is 18.2 Å². The Hall–Kier alpha value is -2.01. The molecule has 0 saturated heterocycles. The number of amides is 1. The van der Waals surface area contributed by atoms with Crippen LogP contribution in [0.2, 0.25) is 0 Å². The van der Waals surface area contributed by atoms with E-state index in [4.69, 9.17) is 0 Å². The molecule has 1 amide bonds. The lowest BCUT2D eigenvalue weighted by atomic mass is 10.1. The number of aldehydes is 1. The molecule has 0 aliphatic carbocycles. The molecule has 0 spiro atoms. The largest absolute Gasteiger partial charge is 0.336 e. The van der Waals surface area contributed by atoms with E-state index in [9.17, 15) is 9.59 Å². The van der Waals surface area contributed by atoms with Gasteiger partial charge >= 0.3 is 0 Å². The highest BCUT2D eigenvalue weighted by molar-refractivity contribution is 7.09. The highest BCUT2D eigenvalue weighted by Gasteiger charge is 2.16. The number of carbonyl (C=O) groups excluding carboxylic acids is 2. The summed E-state index contributed by atoms with van der Waals surface area (Å²) < 4.78 is 0. The third-order valence-electron chi connectivity index (χ3n) is 2.73. The summed E-state index contributed by atoms with van der Waals surface area (Å²) >= 11 is 1.56. The molecule has 0 fully saturated rings. The lowest BCUT2D eigenvalue weighted by Gasteiger charge is -2.16. The minimum absolute atomic E-state index is 0.173. The number of aromatic nitrogens is 1. The summed E-state index contributed by atoms with van der Waals surface area (Å²) in [5.41, 5.74) is 1.70. The fourth-order valence-corrected chi connectivity index (χ4v) is 2.40. The SMILES string of the molecule is Cc1nc(CN(C)C(=O)c2ccccc2C=O)cs1. The standard InChI is InChI=1S/C14H14N2O2S/c1-10-15-12(9-19-10)7-16(2)14(18)13-6-4-3-5-11(13)8-17/h3-6,8-9H,7H2,1-2H3. The molecule has 5 heteroatoms. The average Bonchev–Trinajstić information content (AvgIpc) is 2.83. The maximum absolute atomic E-state index is 12.3. The molecule has 0 atom stereocenters. The van der Waals surface area contributed by atoms with E-state index in [1.165, 1.54) is 0 Å². The molecular weight excluding hydrogens is 260 g/mol. The van der Waals surface area contributed by atoms with Crippen molar-refractivity contribution in [3.8, 4) is 0 Å². The fraction of sp³-hybridized carbons (Fsp3) is 0.214. The second-order valence-electron chi connectivity index (χ2n) is 4.22. The molecular formula is C14H14N2O2S. The van der Waals surface area contributed by atoms with Crippen LogP contribution in [0.15, 0.2) is 29.6 Å². The first kappa shape index (κ1) is 13.4. The molecule has 1 heterocycles. The molecule has 0 saturated carbocycles. The Balaban J connectivity index is 2.17. The van der Waals surface area contributed by atoms with Crippen LogP contribution in [0.5, 0.6) is 0 Å². The van der Waals surface area contributed by atoms with Gasteiger partial charge in [0.1, 0.15) is 0 Å². The Morgan fingerprint density at radius 3 is 2.79 bits per heavy atom. The lowest BCUT2D eigenvalue weighted by molar-refractivity contribution is 0.0780. The molecule has 2 aromatic rings. The predicted octanol–water partition coefficient (Wildman–Crippen LogP) is 2.54. The Morgan fingerprint density at radius 2 is 2.16 bits per heavy atom. The Kier molecular flexibility index (Phi) is 4.06. The fourth-order valence-electron chi connectivity index (χ4n) is 1.80. The quantitative estimate of drug-likeness (QED) is 0.805. The van der Waals surface area contributed by atoms with Crippen LogP contribution in [0, 0.1) is 6.92 Å². The van der Waals surface area contributed by atoms with Crippen LogP contribution in [0.1, 0.15) is 31.4 Å². The normalized spacial score (nSPS) is 10.2. The number of thiazole rings is 1. The first-order valence-corrected chi connectivity index (χ1v) is 6.70. The third kappa shape index (κ3) is 3.06. The van der Waals surface area contributed by atoms with Gasteiger partial charge in [0.25, 0.3) is 5.91 Å². The van der Waals surface area contributed by atoms with Crippen molar-refractivity contribution >= 4 is 23.5 Å². The van der Waals surface area contributed by atoms with Crippen LogP contribution in [0.25, 0.3) is 0 Å². The van der Waals surface area contributed by atoms with E-state index < -0.39 is 0 Å². The maximum Gasteiger partial charge on any atom is 0.254 e. The average molecular weight is 274 g/mol. The van der Waals surface area contributed by atoms with Crippen molar-refractivity contribution in [1.82, 2.24) is 9.88 Å². The highest BCUT2D eigenvalue weighted by atomic mass is 32.1. The van der Waals surface area contributed by atoms with E-state index in [-0.39, 0.29) is 5.91 Å². The number of carbonyl (C=O) groups is 2. The summed E-state index contributed by atoms with van der Waals surface area (Å²) in [4.78, 5) is 29.1. The summed E-state index contributed by atoms with van der Waals surface area (Å²) in [6.45, 7) is 2.37. The number of hydrogen-bond acceptors (Lipinski definition) is 4. The number of rotatable bonds is 4. The van der Waals surface area contributed by atoms with Crippen LogP contribution in [0.3, 0.4) is 0 Å². The lowest BCUT2D eigenvalue weighted by Crippen LogP contribution is -2.27. The molecule has 4 nitrogen and oxygen atoms in total. The minimum Gasteiger partial charge on any atom is -0.336 e. The Bertz CT molecular complexity index is 607. The second kappa shape index (κ2) is 5.75. The van der Waals surface area contributed by atoms with Crippen LogP contribution >= 0.6 is 11.3 Å². The van der Waals surface area contributed by atoms with Gasteiger partial charge < -0.3 is 4.90 Å². The molecule has 0 bridgehead atoms. The van der Waals surface area contributed by atoms with Crippen molar-refractivity contribution in [2.45, 2.75) is 13.5 Å². The van der Waals surface area contributed by atoms with E-state index in [0.29, 0.717) is 24.0 Å². The van der Waals surface area contributed by atoms with Crippen molar-refractivity contribution in [2.24, 2.45) is 0 Å². The Morgan fingerprint density at radius 1 is 1.42 bits per heavy atom. The topological polar surface area (TPSA) is 50.3 Å². The minimum atomic E-state index is -0.173. The Labute approximate surface area is 115 Å². The molecule has 0 aliphatic rings. The van der Waals surface area contributed by atoms with Gasteiger partial charge in [0.05, 0.1) is 22.8 Å². The smallest absolute Gasteiger partial charge is 0.254 e. The molecule has 0 N–H and O–H groups in total. The zero-order valence-electron chi connectivity index (χ0n) is 10.8. The monoisotopic (exact) mass is 274 g/mol. The van der Waals surface area contributed by atoms with Gasteiger partial charge in [0, 0.05) is 18.0 Å². The summed E-state index contributed by atoms with van der Waals surface area (Å²) in [6, 6.07) is 6.79. The maximum atomic E-state index is 12.3. The summed E-state index contributed by atoms with van der Waals surface area (Å²) in [5.74, 6) is -0.173. The van der Waals surface area contributed by atoms with Crippen molar-refractivity contribution in [3.05, 3.63) is 51.5 Å². The van der Waals surface area contributed by atoms with Crippen LogP contribution in [-0.4, -0.2) is 29.1 Å². The van der Waals surface area contributed by atoms with E-state index in [0.717, 1.165) is 10.7 Å². The van der Waals surface area contributed by atoms with Gasteiger partial charge in [-0.15, -0.1) is 11.3 Å². The van der Waals surface area contributed by atoms with Gasteiger partial charge in [-0.25, -0.2) is 4.98 Å². The molecule has 1 aromatic carbocycles. The van der Waals surface area contributed by atoms with Crippen molar-refractivity contribution in [3.63, 3.8) is 0 Å². The van der Waals surface area contributed by atoms with Gasteiger partial charge in [-0.2, -0.15) is 0 Å². The molecule has 19 heavy (non-hydrogen) atoms. The number of aryl methyl sites for hydroxylation is 1. The van der Waals surface area contributed by atoms with Crippen molar-refractivity contribution < 1.29 is 9.59 Å². The number of nitrogens with zero attached hydrogens (tertiary/aromatic N) is 2. The summed E-state index contributed by atoms with van der Waals surface area (Å²) in [6.07, 6.45) is 0.702.